The Balaban J connectivity index is 1.57. The molecule has 39 heavy (non-hydrogen) atoms. The average Bonchev–Trinajstić information content (AvgIpc) is 3.38. The highest BCUT2D eigenvalue weighted by atomic mass is 16.5. The largest absolute Gasteiger partial charge is 0.496 e. The van der Waals surface area contributed by atoms with Crippen LogP contribution in [0.5, 0.6) is 23.0 Å². The molecule has 0 aromatic heterocycles. The monoisotopic (exact) mass is 533 g/mol. The number of hydrogen-bond donors (Lipinski definition) is 2. The van der Waals surface area contributed by atoms with Crippen molar-refractivity contribution in [2.24, 2.45) is 0 Å². The molecule has 2 aliphatic heterocycles. The molecule has 2 fully saturated rings. The van der Waals surface area contributed by atoms with Crippen LogP contribution in [-0.4, -0.2) is 68.8 Å². The minimum Gasteiger partial charge on any atom is -0.496 e. The van der Waals surface area contributed by atoms with Crippen molar-refractivity contribution in [3.8, 4) is 23.0 Å². The van der Waals surface area contributed by atoms with Crippen molar-refractivity contribution in [3.63, 3.8) is 0 Å². The number of benzene rings is 3. The van der Waals surface area contributed by atoms with Gasteiger partial charge in [0.25, 0.3) is 0 Å². The lowest BCUT2D eigenvalue weighted by Gasteiger charge is -2.41. The summed E-state index contributed by atoms with van der Waals surface area (Å²) in [5.74, 6) is 1.78. The van der Waals surface area contributed by atoms with Crippen molar-refractivity contribution >= 4 is 0 Å². The van der Waals surface area contributed by atoms with E-state index < -0.39 is 17.3 Å². The van der Waals surface area contributed by atoms with Gasteiger partial charge in [0.2, 0.25) is 0 Å². The van der Waals surface area contributed by atoms with Gasteiger partial charge >= 0.3 is 0 Å². The molecule has 2 N–H and O–H groups in total. The summed E-state index contributed by atoms with van der Waals surface area (Å²) >= 11 is 0. The first kappa shape index (κ1) is 26.0. The van der Waals surface area contributed by atoms with Gasteiger partial charge in [0, 0.05) is 43.2 Å². The molecule has 2 heterocycles. The van der Waals surface area contributed by atoms with Gasteiger partial charge in [-0.3, -0.25) is 4.90 Å². The van der Waals surface area contributed by atoms with E-state index >= 15 is 0 Å². The number of nitrogens with zero attached hydrogens (tertiary/aromatic N) is 1. The van der Waals surface area contributed by atoms with Crippen molar-refractivity contribution in [1.82, 2.24) is 4.90 Å². The molecule has 8 heteroatoms. The molecular formula is C31H35NO7. The molecule has 1 aliphatic carbocycles. The summed E-state index contributed by atoms with van der Waals surface area (Å²) < 4.78 is 29.4. The standard InChI is InChI=1S/C31H35NO7/c1-35-23-16-26(37-3)29-27(17-23)39-31(24(18-28(33)30(29,31)34)20-7-5-4-6-8-20)22-9-10-25(36-2)21(15-22)19-32-11-13-38-14-12-32/h4-10,15-17,24,28,33-34H,11-14,18-19H2,1-3H3/t24-,28+,30+,31-/m0/s1. The van der Waals surface area contributed by atoms with Crippen LogP contribution >= 0.6 is 0 Å². The molecule has 6 rings (SSSR count). The molecule has 3 aromatic rings. The van der Waals surface area contributed by atoms with Crippen molar-refractivity contribution < 1.29 is 33.9 Å². The first-order valence-corrected chi connectivity index (χ1v) is 13.3. The highest BCUT2D eigenvalue weighted by Gasteiger charge is 2.73. The summed E-state index contributed by atoms with van der Waals surface area (Å²) in [6, 6.07) is 19.3. The lowest BCUT2D eigenvalue weighted by molar-refractivity contribution is -0.150. The minimum atomic E-state index is -1.79. The second-order valence-electron chi connectivity index (χ2n) is 10.4. The number of aliphatic hydroxyl groups is 2. The van der Waals surface area contributed by atoms with Crippen LogP contribution in [0.25, 0.3) is 0 Å². The molecule has 0 spiro atoms. The Kier molecular flexibility index (Phi) is 6.67. The van der Waals surface area contributed by atoms with Gasteiger partial charge in [-0.2, -0.15) is 0 Å². The Morgan fingerprint density at radius 2 is 1.67 bits per heavy atom. The van der Waals surface area contributed by atoms with E-state index in [1.165, 1.54) is 0 Å². The third-order valence-electron chi connectivity index (χ3n) is 8.55. The maximum Gasteiger partial charge on any atom is 0.176 e. The second kappa shape index (κ2) is 10.0. The third kappa shape index (κ3) is 3.89. The van der Waals surface area contributed by atoms with Gasteiger partial charge < -0.3 is 33.9 Å². The van der Waals surface area contributed by atoms with Crippen LogP contribution in [0.15, 0.2) is 60.7 Å². The van der Waals surface area contributed by atoms with Gasteiger partial charge in [-0.1, -0.05) is 36.4 Å². The summed E-state index contributed by atoms with van der Waals surface area (Å²) in [5, 5.41) is 24.4. The molecule has 8 nitrogen and oxygen atoms in total. The van der Waals surface area contributed by atoms with Gasteiger partial charge in [0.1, 0.15) is 23.0 Å². The Bertz CT molecular complexity index is 1340. The van der Waals surface area contributed by atoms with Crippen molar-refractivity contribution in [2.75, 3.05) is 47.6 Å². The minimum absolute atomic E-state index is 0.306. The fraction of sp³-hybridized carbons (Fsp3) is 0.419. The third-order valence-corrected chi connectivity index (χ3v) is 8.55. The number of methoxy groups -OCH3 is 3. The van der Waals surface area contributed by atoms with Crippen LogP contribution in [0, 0.1) is 0 Å². The quantitative estimate of drug-likeness (QED) is 0.477. The van der Waals surface area contributed by atoms with Crippen LogP contribution < -0.4 is 18.9 Å². The number of aliphatic hydroxyl groups excluding tert-OH is 1. The SMILES string of the molecule is COc1cc(OC)c2c(c1)O[C@@]1(c3ccc(OC)c(CN4CCOCC4)c3)[C@H](c3ccccc3)C[C@@H](O)[C@@]21O. The molecule has 1 saturated heterocycles. The summed E-state index contributed by atoms with van der Waals surface area (Å²) in [5.41, 5.74) is 0.0224. The fourth-order valence-electron chi connectivity index (χ4n) is 6.72. The second-order valence-corrected chi connectivity index (χ2v) is 10.4. The number of hydrogen-bond acceptors (Lipinski definition) is 8. The van der Waals surface area contributed by atoms with E-state index in [9.17, 15) is 10.2 Å². The first-order chi connectivity index (χ1) is 19.0. The van der Waals surface area contributed by atoms with Crippen LogP contribution in [0.4, 0.5) is 0 Å². The normalized spacial score (nSPS) is 27.9. The molecule has 206 valence electrons. The van der Waals surface area contributed by atoms with Crippen LogP contribution in [0.2, 0.25) is 0 Å². The summed E-state index contributed by atoms with van der Waals surface area (Å²) in [6.07, 6.45) is -0.809. The predicted octanol–water partition coefficient (Wildman–Crippen LogP) is 3.57. The van der Waals surface area contributed by atoms with Crippen LogP contribution in [0.3, 0.4) is 0 Å². The topological polar surface area (TPSA) is 89.9 Å². The number of fused-ring (bicyclic) bond motifs is 3. The molecule has 0 bridgehead atoms. The Hall–Kier alpha value is -3.30. The van der Waals surface area contributed by atoms with Crippen LogP contribution in [-0.2, 0) is 22.5 Å². The highest BCUT2D eigenvalue weighted by molar-refractivity contribution is 5.63. The summed E-state index contributed by atoms with van der Waals surface area (Å²) in [4.78, 5) is 2.32. The van der Waals surface area contributed by atoms with E-state index in [1.807, 2.05) is 42.5 Å². The van der Waals surface area contributed by atoms with Gasteiger partial charge in [-0.25, -0.2) is 0 Å². The molecule has 0 amide bonds. The molecule has 3 aromatic carbocycles. The van der Waals surface area contributed by atoms with E-state index in [0.29, 0.717) is 49.0 Å². The summed E-state index contributed by atoms with van der Waals surface area (Å²) in [7, 11) is 4.78. The number of morpholine rings is 1. The Labute approximate surface area is 228 Å². The first-order valence-electron chi connectivity index (χ1n) is 13.3. The smallest absolute Gasteiger partial charge is 0.176 e. The van der Waals surface area contributed by atoms with Gasteiger partial charge in [0.05, 0.1) is 46.2 Å². The fourth-order valence-corrected chi connectivity index (χ4v) is 6.72. The molecule has 0 unspecified atom stereocenters. The lowest BCUT2D eigenvalue weighted by atomic mass is 9.71. The van der Waals surface area contributed by atoms with Gasteiger partial charge in [-0.05, 0) is 29.7 Å². The zero-order valence-electron chi connectivity index (χ0n) is 22.6. The molecular weight excluding hydrogens is 498 g/mol. The Morgan fingerprint density at radius 1 is 0.923 bits per heavy atom. The summed E-state index contributed by atoms with van der Waals surface area (Å²) in [6.45, 7) is 3.69. The van der Waals surface area contributed by atoms with Crippen LogP contribution in [0.1, 0.15) is 34.6 Å². The zero-order chi connectivity index (χ0) is 27.2. The highest BCUT2D eigenvalue weighted by Crippen LogP contribution is 2.68. The van der Waals surface area contributed by atoms with Crippen molar-refractivity contribution in [3.05, 3.63) is 82.9 Å². The van der Waals surface area contributed by atoms with E-state index in [1.54, 1.807) is 33.5 Å². The molecule has 4 atom stereocenters. The average molecular weight is 534 g/mol. The van der Waals surface area contributed by atoms with Crippen molar-refractivity contribution in [1.29, 1.82) is 0 Å². The maximum atomic E-state index is 12.7. The molecule has 3 aliphatic rings. The van der Waals surface area contributed by atoms with Crippen molar-refractivity contribution in [2.45, 2.75) is 36.2 Å². The number of ether oxygens (including phenoxy) is 5. The van der Waals surface area contributed by atoms with E-state index in [2.05, 4.69) is 11.0 Å². The predicted molar refractivity (Wildman–Crippen MR) is 145 cm³/mol. The Morgan fingerprint density at radius 3 is 2.36 bits per heavy atom. The van der Waals surface area contributed by atoms with Gasteiger partial charge in [-0.15, -0.1) is 0 Å². The van der Waals surface area contributed by atoms with Gasteiger partial charge in [0.15, 0.2) is 11.2 Å². The molecule has 0 radical (unpaired) electrons. The van der Waals surface area contributed by atoms with E-state index in [0.717, 1.165) is 35.5 Å². The number of rotatable bonds is 7. The lowest BCUT2D eigenvalue weighted by Crippen LogP contribution is -2.52. The van der Waals surface area contributed by atoms with E-state index in [-0.39, 0.29) is 5.92 Å². The van der Waals surface area contributed by atoms with E-state index in [4.69, 9.17) is 23.7 Å². The maximum absolute atomic E-state index is 12.7. The zero-order valence-corrected chi connectivity index (χ0v) is 22.6. The molecule has 1 saturated carbocycles.